The van der Waals surface area contributed by atoms with E-state index < -0.39 is 0 Å². The molecule has 0 amide bonds. The summed E-state index contributed by atoms with van der Waals surface area (Å²) in [4.78, 5) is 25.9. The first-order valence-electron chi connectivity index (χ1n) is 6.31. The summed E-state index contributed by atoms with van der Waals surface area (Å²) in [5.41, 5.74) is 1.15. The van der Waals surface area contributed by atoms with Crippen molar-refractivity contribution in [2.24, 2.45) is 7.05 Å². The number of hydrogen-bond acceptors (Lipinski definition) is 6. The van der Waals surface area contributed by atoms with Crippen LogP contribution in [0.4, 0.5) is 5.82 Å². The minimum atomic E-state index is 0.145. The van der Waals surface area contributed by atoms with Gasteiger partial charge in [0.05, 0.1) is 19.3 Å². The van der Waals surface area contributed by atoms with Gasteiger partial charge in [-0.2, -0.15) is 9.97 Å². The number of aryl methyl sites for hydroxylation is 1. The molecule has 1 atom stereocenters. The molecule has 20 heavy (non-hydrogen) atoms. The Morgan fingerprint density at radius 3 is 2.90 bits per heavy atom. The lowest BCUT2D eigenvalue weighted by Crippen LogP contribution is -2.44. The molecular weight excluding hydrogens is 282 g/mol. The van der Waals surface area contributed by atoms with Gasteiger partial charge in [-0.15, -0.1) is 0 Å². The van der Waals surface area contributed by atoms with Crippen LogP contribution in [0.5, 0.6) is 0 Å². The number of fused-ring (bicyclic) bond motifs is 1. The lowest BCUT2D eigenvalue weighted by atomic mass is 10.2. The topological polar surface area (TPSA) is 73.1 Å². The van der Waals surface area contributed by atoms with Crippen LogP contribution in [-0.2, 0) is 11.8 Å². The fourth-order valence-electron chi connectivity index (χ4n) is 2.39. The Balaban J connectivity index is 2.21. The first-order chi connectivity index (χ1) is 9.61. The number of imidazole rings is 1. The Morgan fingerprint density at radius 2 is 2.20 bits per heavy atom. The highest BCUT2D eigenvalue weighted by atomic mass is 35.5. The van der Waals surface area contributed by atoms with Gasteiger partial charge < -0.3 is 14.2 Å². The molecule has 0 radical (unpaired) electrons. The summed E-state index contributed by atoms with van der Waals surface area (Å²) in [6, 6.07) is 0.166. The molecule has 7 nitrogen and oxygen atoms in total. The molecule has 2 aromatic heterocycles. The molecule has 0 spiro atoms. The predicted octanol–water partition coefficient (Wildman–Crippen LogP) is 1.05. The zero-order valence-electron chi connectivity index (χ0n) is 11.2. The van der Waals surface area contributed by atoms with E-state index in [4.69, 9.17) is 16.3 Å². The van der Waals surface area contributed by atoms with Crippen LogP contribution in [-0.4, -0.2) is 51.6 Å². The fraction of sp³-hybridized carbons (Fsp3) is 0.500. The Bertz CT molecular complexity index is 671. The number of nitrogens with zero attached hydrogens (tertiary/aromatic N) is 5. The second-order valence-electron chi connectivity index (χ2n) is 4.75. The van der Waals surface area contributed by atoms with E-state index in [1.165, 1.54) is 0 Å². The predicted molar refractivity (Wildman–Crippen MR) is 74.3 cm³/mol. The van der Waals surface area contributed by atoms with Gasteiger partial charge in [0.2, 0.25) is 5.28 Å². The number of aldehydes is 1. The molecule has 0 N–H and O–H groups in total. The van der Waals surface area contributed by atoms with Crippen molar-refractivity contribution in [3.8, 4) is 0 Å². The van der Waals surface area contributed by atoms with E-state index in [1.807, 2.05) is 6.92 Å². The molecule has 0 saturated carbocycles. The molecule has 3 heterocycles. The van der Waals surface area contributed by atoms with Crippen molar-refractivity contribution in [3.05, 3.63) is 11.1 Å². The third-order valence-corrected chi connectivity index (χ3v) is 3.62. The molecule has 1 aliphatic rings. The maximum atomic E-state index is 11.0. The number of halogens is 1. The van der Waals surface area contributed by atoms with E-state index in [9.17, 15) is 4.79 Å². The Kier molecular flexibility index (Phi) is 3.31. The SMILES string of the molecule is C[C@H]1COCCN1c1nc(Cl)nc2c1nc(C=O)n2C. The Morgan fingerprint density at radius 1 is 1.40 bits per heavy atom. The smallest absolute Gasteiger partial charge is 0.226 e. The summed E-state index contributed by atoms with van der Waals surface area (Å²) in [6.45, 7) is 4.00. The average Bonchev–Trinajstić information content (AvgIpc) is 2.76. The number of rotatable bonds is 2. The highest BCUT2D eigenvalue weighted by Gasteiger charge is 2.25. The van der Waals surface area contributed by atoms with Crippen LogP contribution in [0.1, 0.15) is 17.5 Å². The average molecular weight is 296 g/mol. The molecule has 2 aromatic rings. The van der Waals surface area contributed by atoms with Crippen LogP contribution < -0.4 is 4.90 Å². The molecule has 1 fully saturated rings. The maximum absolute atomic E-state index is 11.0. The van der Waals surface area contributed by atoms with Gasteiger partial charge in [0.1, 0.15) is 0 Å². The second kappa shape index (κ2) is 4.99. The molecule has 1 saturated heterocycles. The van der Waals surface area contributed by atoms with Crippen LogP contribution in [0, 0.1) is 0 Å². The first kappa shape index (κ1) is 13.3. The molecule has 1 aliphatic heterocycles. The van der Waals surface area contributed by atoms with Crippen molar-refractivity contribution >= 4 is 34.9 Å². The van der Waals surface area contributed by atoms with Crippen molar-refractivity contribution in [1.82, 2.24) is 19.5 Å². The van der Waals surface area contributed by atoms with E-state index in [0.29, 0.717) is 48.9 Å². The van der Waals surface area contributed by atoms with Crippen LogP contribution in [0.15, 0.2) is 0 Å². The zero-order valence-corrected chi connectivity index (χ0v) is 12.0. The van der Waals surface area contributed by atoms with Crippen molar-refractivity contribution in [2.75, 3.05) is 24.7 Å². The summed E-state index contributed by atoms with van der Waals surface area (Å²) in [5, 5.41) is 0.145. The lowest BCUT2D eigenvalue weighted by Gasteiger charge is -2.34. The number of anilines is 1. The van der Waals surface area contributed by atoms with Crippen molar-refractivity contribution in [1.29, 1.82) is 0 Å². The monoisotopic (exact) mass is 295 g/mol. The van der Waals surface area contributed by atoms with E-state index in [1.54, 1.807) is 11.6 Å². The minimum Gasteiger partial charge on any atom is -0.377 e. The lowest BCUT2D eigenvalue weighted by molar-refractivity contribution is 0.0986. The third-order valence-electron chi connectivity index (χ3n) is 3.45. The van der Waals surface area contributed by atoms with Crippen molar-refractivity contribution in [2.45, 2.75) is 13.0 Å². The molecular formula is C12H14ClN5O2. The Hall–Kier alpha value is -1.73. The van der Waals surface area contributed by atoms with E-state index in [0.717, 1.165) is 0 Å². The summed E-state index contributed by atoms with van der Waals surface area (Å²) < 4.78 is 7.04. The number of ether oxygens (including phenoxy) is 1. The largest absolute Gasteiger partial charge is 0.377 e. The molecule has 3 rings (SSSR count). The summed E-state index contributed by atoms with van der Waals surface area (Å²) in [6.07, 6.45) is 0.697. The summed E-state index contributed by atoms with van der Waals surface area (Å²) in [5.74, 6) is 0.957. The normalized spacial score (nSPS) is 19.6. The van der Waals surface area contributed by atoms with Gasteiger partial charge in [-0.25, -0.2) is 4.98 Å². The van der Waals surface area contributed by atoms with Gasteiger partial charge in [-0.1, -0.05) is 0 Å². The number of morpholine rings is 1. The third kappa shape index (κ3) is 2.03. The van der Waals surface area contributed by atoms with E-state index in [2.05, 4.69) is 19.9 Å². The molecule has 0 aliphatic carbocycles. The number of hydrogen-bond donors (Lipinski definition) is 0. The van der Waals surface area contributed by atoms with Crippen molar-refractivity contribution in [3.63, 3.8) is 0 Å². The highest BCUT2D eigenvalue weighted by Crippen LogP contribution is 2.27. The summed E-state index contributed by atoms with van der Waals surface area (Å²) >= 11 is 6.01. The molecule has 8 heteroatoms. The molecule has 0 aromatic carbocycles. The van der Waals surface area contributed by atoms with Gasteiger partial charge in [0, 0.05) is 13.6 Å². The van der Waals surface area contributed by atoms with Crippen LogP contribution in [0.2, 0.25) is 5.28 Å². The zero-order chi connectivity index (χ0) is 14.3. The second-order valence-corrected chi connectivity index (χ2v) is 5.09. The van der Waals surface area contributed by atoms with Gasteiger partial charge in [0.25, 0.3) is 0 Å². The minimum absolute atomic E-state index is 0.145. The molecule has 0 bridgehead atoms. The van der Waals surface area contributed by atoms with Crippen LogP contribution in [0.3, 0.4) is 0 Å². The first-order valence-corrected chi connectivity index (χ1v) is 6.69. The van der Waals surface area contributed by atoms with Gasteiger partial charge >= 0.3 is 0 Å². The van der Waals surface area contributed by atoms with E-state index in [-0.39, 0.29) is 11.3 Å². The Labute approximate surface area is 120 Å². The number of carbonyl (C=O) groups excluding carboxylic acids is 1. The standard InChI is InChI=1S/C12H14ClN5O2/c1-7-6-20-4-3-18(7)11-9-10(15-12(13)16-11)17(2)8(5-19)14-9/h5,7H,3-4,6H2,1-2H3/t7-/m0/s1. The highest BCUT2D eigenvalue weighted by molar-refractivity contribution is 6.28. The van der Waals surface area contributed by atoms with Gasteiger partial charge in [-0.05, 0) is 18.5 Å². The van der Waals surface area contributed by atoms with Gasteiger partial charge in [-0.3, -0.25) is 4.79 Å². The van der Waals surface area contributed by atoms with Crippen LogP contribution in [0.25, 0.3) is 11.2 Å². The summed E-state index contributed by atoms with van der Waals surface area (Å²) in [7, 11) is 1.73. The van der Waals surface area contributed by atoms with Gasteiger partial charge in [0.15, 0.2) is 29.1 Å². The van der Waals surface area contributed by atoms with Crippen LogP contribution >= 0.6 is 11.6 Å². The molecule has 0 unspecified atom stereocenters. The number of aromatic nitrogens is 4. The molecule has 106 valence electrons. The van der Waals surface area contributed by atoms with E-state index >= 15 is 0 Å². The fourth-order valence-corrected chi connectivity index (χ4v) is 2.55. The quantitative estimate of drug-likeness (QED) is 0.609. The number of carbonyl (C=O) groups is 1. The van der Waals surface area contributed by atoms with Crippen molar-refractivity contribution < 1.29 is 9.53 Å². The maximum Gasteiger partial charge on any atom is 0.226 e.